The fraction of sp³-hybridized carbons (Fsp3) is 0.800. The van der Waals surface area contributed by atoms with Gasteiger partial charge in [-0.3, -0.25) is 4.79 Å². The van der Waals surface area contributed by atoms with Gasteiger partial charge in [-0.15, -0.1) is 0 Å². The minimum atomic E-state index is -2.27. The van der Waals surface area contributed by atoms with Crippen molar-refractivity contribution < 1.29 is 44.6 Å². The Bertz CT molecular complexity index is 855. The molecule has 0 aromatic rings. The number of esters is 1. The Kier molecular flexibility index (Phi) is 3.56. The Labute approximate surface area is 166 Å². The Morgan fingerprint density at radius 1 is 1.10 bits per heavy atom. The van der Waals surface area contributed by atoms with Crippen molar-refractivity contribution in [3.05, 3.63) is 11.6 Å². The van der Waals surface area contributed by atoms with E-state index in [1.54, 1.807) is 13.8 Å². The summed E-state index contributed by atoms with van der Waals surface area (Å²) in [5.74, 6) is -3.08. The van der Waals surface area contributed by atoms with Gasteiger partial charge >= 0.3 is 5.97 Å². The predicted octanol–water partition coefficient (Wildman–Crippen LogP) is -1.95. The molecule has 9 heteroatoms. The quantitative estimate of drug-likeness (QED) is 0.287. The molecular formula is C20H26O9. The summed E-state index contributed by atoms with van der Waals surface area (Å²) < 4.78 is 11.4. The summed E-state index contributed by atoms with van der Waals surface area (Å²) in [7, 11) is 0. The summed E-state index contributed by atoms with van der Waals surface area (Å²) in [5, 5.41) is 55.8. The fourth-order valence-corrected chi connectivity index (χ4v) is 7.56. The van der Waals surface area contributed by atoms with Gasteiger partial charge in [-0.1, -0.05) is 12.5 Å². The van der Waals surface area contributed by atoms with Gasteiger partial charge in [0.2, 0.25) is 0 Å². The summed E-state index contributed by atoms with van der Waals surface area (Å²) in [6.07, 6.45) is -6.07. The molecule has 0 aromatic carbocycles. The number of hydrogen-bond acceptors (Lipinski definition) is 9. The van der Waals surface area contributed by atoms with Gasteiger partial charge in [0.05, 0.1) is 18.1 Å². The maximum Gasteiger partial charge on any atom is 0.338 e. The highest BCUT2D eigenvalue weighted by molar-refractivity contribution is 5.96. The third-order valence-corrected chi connectivity index (χ3v) is 8.96. The minimum Gasteiger partial charge on any atom is -0.460 e. The average molecular weight is 410 g/mol. The van der Waals surface area contributed by atoms with E-state index in [0.717, 1.165) is 0 Å². The van der Waals surface area contributed by atoms with Crippen molar-refractivity contribution in [1.82, 2.24) is 0 Å². The molecule has 0 unspecified atom stereocenters. The molecule has 4 fully saturated rings. The highest BCUT2D eigenvalue weighted by Crippen LogP contribution is 2.73. The van der Waals surface area contributed by atoms with Crippen LogP contribution in [0.5, 0.6) is 0 Å². The second-order valence-electron chi connectivity index (χ2n) is 9.79. The molecule has 9 nitrogen and oxygen atoms in total. The normalized spacial score (nSPS) is 60.8. The van der Waals surface area contributed by atoms with E-state index in [1.807, 2.05) is 0 Å². The zero-order valence-corrected chi connectivity index (χ0v) is 16.4. The Balaban J connectivity index is 1.83. The van der Waals surface area contributed by atoms with Gasteiger partial charge in [-0.2, -0.15) is 0 Å². The smallest absolute Gasteiger partial charge is 0.338 e. The van der Waals surface area contributed by atoms with Crippen LogP contribution in [0, 0.1) is 22.7 Å². The summed E-state index contributed by atoms with van der Waals surface area (Å²) in [5.41, 5.74) is -6.22. The zero-order chi connectivity index (χ0) is 21.3. The van der Waals surface area contributed by atoms with Gasteiger partial charge in [-0.25, -0.2) is 4.79 Å². The van der Waals surface area contributed by atoms with Crippen LogP contribution in [0.3, 0.4) is 0 Å². The summed E-state index contributed by atoms with van der Waals surface area (Å²) in [6, 6.07) is 0. The molecule has 3 aliphatic carbocycles. The second-order valence-corrected chi connectivity index (χ2v) is 9.79. The summed E-state index contributed by atoms with van der Waals surface area (Å²) in [6.45, 7) is 4.52. The monoisotopic (exact) mass is 410 g/mol. The molecule has 0 aromatic heterocycles. The van der Waals surface area contributed by atoms with Crippen molar-refractivity contribution in [2.75, 3.05) is 6.61 Å². The number of aliphatic hydroxyl groups excluding tert-OH is 4. The molecule has 11 atom stereocenters. The number of ether oxygens (including phenoxy) is 2. The number of hydrogen-bond donors (Lipinski definition) is 5. The van der Waals surface area contributed by atoms with Gasteiger partial charge < -0.3 is 35.0 Å². The van der Waals surface area contributed by atoms with Crippen LogP contribution in [0.25, 0.3) is 0 Å². The molecule has 1 spiro atoms. The van der Waals surface area contributed by atoms with Gasteiger partial charge in [0.15, 0.2) is 11.9 Å². The van der Waals surface area contributed by atoms with Crippen LogP contribution in [0.15, 0.2) is 11.6 Å². The average Bonchev–Trinajstić information content (AvgIpc) is 2.85. The van der Waals surface area contributed by atoms with Crippen LogP contribution in [0.2, 0.25) is 0 Å². The van der Waals surface area contributed by atoms with Gasteiger partial charge in [0, 0.05) is 11.3 Å². The van der Waals surface area contributed by atoms with E-state index in [1.165, 1.54) is 13.0 Å². The lowest BCUT2D eigenvalue weighted by molar-refractivity contribution is -0.351. The maximum atomic E-state index is 12.5. The molecule has 2 saturated heterocycles. The molecular weight excluding hydrogens is 384 g/mol. The fourth-order valence-electron chi connectivity index (χ4n) is 7.56. The van der Waals surface area contributed by atoms with E-state index in [2.05, 4.69) is 0 Å². The standard InChI is InChI=1S/C20H26O9/c1-7-4-9(21)13(23)17(2)8(7)5-10-19-6-28-18(3,14(24)11(22)12(17)19)20(19,27)15(25)16(26)29-10/h4,8,10-15,22-25,27H,5-6H2,1-3H3/t8-,10+,11+,12+,13-,14-,15-,17-,18+,19+,20+/m0/s1. The van der Waals surface area contributed by atoms with Crippen LogP contribution >= 0.6 is 0 Å². The first kappa shape index (κ1) is 19.6. The maximum absolute atomic E-state index is 12.5. The van der Waals surface area contributed by atoms with E-state index >= 15 is 0 Å². The number of aliphatic hydroxyl groups is 5. The van der Waals surface area contributed by atoms with E-state index in [0.29, 0.717) is 5.57 Å². The van der Waals surface area contributed by atoms with Crippen molar-refractivity contribution >= 4 is 11.8 Å². The largest absolute Gasteiger partial charge is 0.460 e. The first-order valence-corrected chi connectivity index (χ1v) is 9.90. The minimum absolute atomic E-state index is 0.183. The van der Waals surface area contributed by atoms with E-state index in [9.17, 15) is 35.1 Å². The van der Waals surface area contributed by atoms with Crippen LogP contribution in [-0.4, -0.2) is 85.6 Å². The lowest BCUT2D eigenvalue weighted by atomic mass is 9.36. The third kappa shape index (κ3) is 1.70. The van der Waals surface area contributed by atoms with E-state index in [4.69, 9.17) is 9.47 Å². The lowest BCUT2D eigenvalue weighted by Gasteiger charge is -2.70. The number of allylic oxidation sites excluding steroid dienone is 1. The number of rotatable bonds is 0. The van der Waals surface area contributed by atoms with Gasteiger partial charge in [0.25, 0.3) is 0 Å². The zero-order valence-electron chi connectivity index (χ0n) is 16.4. The first-order chi connectivity index (χ1) is 13.4. The van der Waals surface area contributed by atoms with Crippen LogP contribution < -0.4 is 0 Å². The molecule has 0 radical (unpaired) electrons. The van der Waals surface area contributed by atoms with E-state index in [-0.39, 0.29) is 13.0 Å². The van der Waals surface area contributed by atoms with Crippen molar-refractivity contribution in [3.8, 4) is 0 Å². The molecule has 2 heterocycles. The van der Waals surface area contributed by atoms with Crippen molar-refractivity contribution in [2.24, 2.45) is 22.7 Å². The molecule has 5 N–H and O–H groups in total. The molecule has 5 aliphatic rings. The third-order valence-electron chi connectivity index (χ3n) is 8.96. The highest BCUT2D eigenvalue weighted by atomic mass is 16.6. The van der Waals surface area contributed by atoms with Crippen molar-refractivity contribution in [1.29, 1.82) is 0 Å². The topological polar surface area (TPSA) is 154 Å². The number of carbonyl (C=O) groups excluding carboxylic acids is 2. The molecule has 160 valence electrons. The second kappa shape index (κ2) is 5.27. The molecule has 2 aliphatic heterocycles. The molecule has 5 rings (SSSR count). The van der Waals surface area contributed by atoms with Gasteiger partial charge in [0.1, 0.15) is 29.5 Å². The SMILES string of the molecule is CC1=CC(=O)[C@H](O)[C@]2(C)[C@H]3[C@@H](O)[C@H](O)[C@@]4(C)OC[C@@]35[C@@H](C[C@@H]12)OC(=O)[C@H](O)[C@]54O. The number of fused-ring (bicyclic) bond motifs is 2. The molecule has 2 bridgehead atoms. The molecule has 0 amide bonds. The van der Waals surface area contributed by atoms with Crippen LogP contribution in [0.1, 0.15) is 27.2 Å². The highest BCUT2D eigenvalue weighted by Gasteiger charge is 2.88. The Hall–Kier alpha value is -1.36. The first-order valence-electron chi connectivity index (χ1n) is 9.90. The van der Waals surface area contributed by atoms with Crippen LogP contribution in [0.4, 0.5) is 0 Å². The van der Waals surface area contributed by atoms with Crippen molar-refractivity contribution in [2.45, 2.75) is 68.9 Å². The van der Waals surface area contributed by atoms with Gasteiger partial charge in [-0.05, 0) is 32.3 Å². The predicted molar refractivity (Wildman–Crippen MR) is 94.1 cm³/mol. The summed E-state index contributed by atoms with van der Waals surface area (Å²) >= 11 is 0. The Morgan fingerprint density at radius 2 is 1.76 bits per heavy atom. The van der Waals surface area contributed by atoms with Crippen molar-refractivity contribution in [3.63, 3.8) is 0 Å². The lowest BCUT2D eigenvalue weighted by Crippen LogP contribution is -2.86. The molecule has 2 saturated carbocycles. The number of carbonyl (C=O) groups is 2. The summed E-state index contributed by atoms with van der Waals surface area (Å²) in [4.78, 5) is 25.0. The Morgan fingerprint density at radius 3 is 2.41 bits per heavy atom. The van der Waals surface area contributed by atoms with Crippen LogP contribution in [-0.2, 0) is 19.1 Å². The number of ketones is 1. The molecule has 29 heavy (non-hydrogen) atoms. The van der Waals surface area contributed by atoms with E-state index < -0.39 is 76.1 Å².